The second-order valence-corrected chi connectivity index (χ2v) is 4.49. The second-order valence-electron chi connectivity index (χ2n) is 4.49. The summed E-state index contributed by atoms with van der Waals surface area (Å²) in [5.41, 5.74) is 0.158. The molecule has 0 saturated carbocycles. The molecule has 0 unspecified atom stereocenters. The zero-order chi connectivity index (χ0) is 8.54. The van der Waals surface area contributed by atoms with Crippen LogP contribution in [0.25, 0.3) is 0 Å². The fourth-order valence-corrected chi connectivity index (χ4v) is 1.56. The molecular weight excluding hydrogens is 140 g/mol. The Morgan fingerprint density at radius 3 is 2.27 bits per heavy atom. The van der Waals surface area contributed by atoms with Gasteiger partial charge in [0.2, 0.25) is 0 Å². The number of aliphatic hydroxyl groups excluding tert-OH is 1. The summed E-state index contributed by atoms with van der Waals surface area (Å²) < 4.78 is 5.32. The number of aliphatic hydroxyl groups is 1. The molecule has 66 valence electrons. The maximum Gasteiger partial charge on any atom is 0.0550 e. The Balaban J connectivity index is 2.75. The van der Waals surface area contributed by atoms with E-state index in [4.69, 9.17) is 4.74 Å². The van der Waals surface area contributed by atoms with Crippen molar-refractivity contribution < 1.29 is 9.84 Å². The van der Waals surface area contributed by atoms with Gasteiger partial charge in [-0.15, -0.1) is 0 Å². The predicted molar refractivity (Wildman–Crippen MR) is 44.4 cm³/mol. The monoisotopic (exact) mass is 158 g/mol. The highest BCUT2D eigenvalue weighted by atomic mass is 16.5. The van der Waals surface area contributed by atoms with E-state index < -0.39 is 0 Å². The molecule has 1 aliphatic rings. The number of rotatable bonds is 1. The van der Waals surface area contributed by atoms with E-state index in [1.165, 1.54) is 0 Å². The third-order valence-electron chi connectivity index (χ3n) is 3.00. The lowest BCUT2D eigenvalue weighted by Crippen LogP contribution is -2.39. The molecule has 0 aromatic carbocycles. The van der Waals surface area contributed by atoms with Crippen LogP contribution in [0.1, 0.15) is 27.2 Å². The molecule has 0 bridgehead atoms. The quantitative estimate of drug-likeness (QED) is 0.625. The van der Waals surface area contributed by atoms with Gasteiger partial charge in [-0.3, -0.25) is 0 Å². The minimum Gasteiger partial charge on any atom is -0.396 e. The lowest BCUT2D eigenvalue weighted by molar-refractivity contribution is 0.00546. The molecule has 1 fully saturated rings. The van der Waals surface area contributed by atoms with Gasteiger partial charge >= 0.3 is 0 Å². The van der Waals surface area contributed by atoms with E-state index in [0.717, 1.165) is 13.0 Å². The highest BCUT2D eigenvalue weighted by Gasteiger charge is 2.44. The van der Waals surface area contributed by atoms with Gasteiger partial charge in [0, 0.05) is 12.0 Å². The summed E-state index contributed by atoms with van der Waals surface area (Å²) in [5.74, 6) is 0. The first-order valence-electron chi connectivity index (χ1n) is 4.20. The van der Waals surface area contributed by atoms with E-state index in [9.17, 15) is 5.11 Å². The van der Waals surface area contributed by atoms with Crippen molar-refractivity contribution >= 4 is 0 Å². The SMILES string of the molecule is CC(C)(C)[C@@]1(CO)CCOC1. The number of ether oxygens (including phenoxy) is 1. The molecular formula is C9H18O2. The zero-order valence-corrected chi connectivity index (χ0v) is 7.68. The van der Waals surface area contributed by atoms with Crippen molar-refractivity contribution in [1.29, 1.82) is 0 Å². The normalized spacial score (nSPS) is 32.7. The second kappa shape index (κ2) is 2.76. The predicted octanol–water partition coefficient (Wildman–Crippen LogP) is 1.43. The number of hydrogen-bond acceptors (Lipinski definition) is 2. The highest BCUT2D eigenvalue weighted by molar-refractivity contribution is 4.92. The first-order chi connectivity index (χ1) is 5.02. The topological polar surface area (TPSA) is 29.5 Å². The Hall–Kier alpha value is -0.0800. The Kier molecular flexibility index (Phi) is 2.26. The Labute approximate surface area is 68.6 Å². The molecule has 11 heavy (non-hydrogen) atoms. The van der Waals surface area contributed by atoms with Gasteiger partial charge in [0.25, 0.3) is 0 Å². The minimum absolute atomic E-state index is 0.00694. The summed E-state index contributed by atoms with van der Waals surface area (Å²) in [6, 6.07) is 0. The van der Waals surface area contributed by atoms with Gasteiger partial charge in [-0.1, -0.05) is 20.8 Å². The minimum atomic E-state index is 0.00694. The van der Waals surface area contributed by atoms with Gasteiger partial charge in [-0.05, 0) is 11.8 Å². The molecule has 2 heteroatoms. The smallest absolute Gasteiger partial charge is 0.0550 e. The van der Waals surface area contributed by atoms with Crippen LogP contribution in [0.2, 0.25) is 0 Å². The maximum atomic E-state index is 9.27. The Bertz CT molecular complexity index is 129. The van der Waals surface area contributed by atoms with Crippen LogP contribution >= 0.6 is 0 Å². The van der Waals surface area contributed by atoms with Crippen molar-refractivity contribution in [3.8, 4) is 0 Å². The average Bonchev–Trinajstić information content (AvgIpc) is 2.33. The van der Waals surface area contributed by atoms with Crippen LogP contribution in [0.4, 0.5) is 0 Å². The van der Waals surface area contributed by atoms with Crippen LogP contribution < -0.4 is 0 Å². The molecule has 0 aliphatic carbocycles. The molecule has 1 heterocycles. The van der Waals surface area contributed by atoms with Crippen LogP contribution in [0.5, 0.6) is 0 Å². The van der Waals surface area contributed by atoms with E-state index >= 15 is 0 Å². The van der Waals surface area contributed by atoms with Crippen LogP contribution in [-0.2, 0) is 4.74 Å². The van der Waals surface area contributed by atoms with E-state index in [0.29, 0.717) is 6.61 Å². The van der Waals surface area contributed by atoms with E-state index in [-0.39, 0.29) is 17.4 Å². The fourth-order valence-electron chi connectivity index (χ4n) is 1.56. The van der Waals surface area contributed by atoms with Crippen LogP contribution in [-0.4, -0.2) is 24.9 Å². The van der Waals surface area contributed by atoms with Crippen molar-refractivity contribution in [3.05, 3.63) is 0 Å². The summed E-state index contributed by atoms with van der Waals surface area (Å²) in [4.78, 5) is 0. The zero-order valence-electron chi connectivity index (χ0n) is 7.68. The molecule has 1 aliphatic heterocycles. The average molecular weight is 158 g/mol. The van der Waals surface area contributed by atoms with E-state index in [2.05, 4.69) is 20.8 Å². The Morgan fingerprint density at radius 2 is 2.09 bits per heavy atom. The summed E-state index contributed by atoms with van der Waals surface area (Å²) in [6.45, 7) is 8.26. The number of hydrogen-bond donors (Lipinski definition) is 1. The van der Waals surface area contributed by atoms with E-state index in [1.807, 2.05) is 0 Å². The maximum absolute atomic E-state index is 9.27. The van der Waals surface area contributed by atoms with Crippen molar-refractivity contribution in [3.63, 3.8) is 0 Å². The standard InChI is InChI=1S/C9H18O2/c1-8(2,3)9(6-10)4-5-11-7-9/h10H,4-7H2,1-3H3/t9-/m1/s1. The molecule has 1 atom stereocenters. The lowest BCUT2D eigenvalue weighted by Gasteiger charge is -2.38. The van der Waals surface area contributed by atoms with Crippen molar-refractivity contribution in [1.82, 2.24) is 0 Å². The van der Waals surface area contributed by atoms with Gasteiger partial charge in [0.05, 0.1) is 13.2 Å². The summed E-state index contributed by atoms with van der Waals surface area (Å²) >= 11 is 0. The first-order valence-corrected chi connectivity index (χ1v) is 4.20. The van der Waals surface area contributed by atoms with Gasteiger partial charge in [-0.2, -0.15) is 0 Å². The van der Waals surface area contributed by atoms with Gasteiger partial charge in [0.1, 0.15) is 0 Å². The summed E-state index contributed by atoms with van der Waals surface area (Å²) in [6.07, 6.45) is 0.993. The third kappa shape index (κ3) is 1.42. The van der Waals surface area contributed by atoms with Crippen LogP contribution in [0.3, 0.4) is 0 Å². The third-order valence-corrected chi connectivity index (χ3v) is 3.00. The molecule has 0 radical (unpaired) electrons. The highest BCUT2D eigenvalue weighted by Crippen LogP contribution is 2.44. The summed E-state index contributed by atoms with van der Waals surface area (Å²) in [7, 11) is 0. The first kappa shape index (κ1) is 9.01. The van der Waals surface area contributed by atoms with Crippen molar-refractivity contribution in [2.24, 2.45) is 10.8 Å². The van der Waals surface area contributed by atoms with Crippen molar-refractivity contribution in [2.75, 3.05) is 19.8 Å². The molecule has 1 rings (SSSR count). The molecule has 2 nitrogen and oxygen atoms in total. The van der Waals surface area contributed by atoms with Gasteiger partial charge in [0.15, 0.2) is 0 Å². The molecule has 0 spiro atoms. The van der Waals surface area contributed by atoms with E-state index in [1.54, 1.807) is 0 Å². The Morgan fingerprint density at radius 1 is 1.45 bits per heavy atom. The van der Waals surface area contributed by atoms with Gasteiger partial charge in [-0.25, -0.2) is 0 Å². The largest absolute Gasteiger partial charge is 0.396 e. The van der Waals surface area contributed by atoms with Crippen molar-refractivity contribution in [2.45, 2.75) is 27.2 Å². The molecule has 0 aromatic heterocycles. The fraction of sp³-hybridized carbons (Fsp3) is 1.00. The van der Waals surface area contributed by atoms with Gasteiger partial charge < -0.3 is 9.84 Å². The van der Waals surface area contributed by atoms with Crippen LogP contribution in [0.15, 0.2) is 0 Å². The molecule has 0 aromatic rings. The molecule has 0 amide bonds. The van der Waals surface area contributed by atoms with Crippen LogP contribution in [0, 0.1) is 10.8 Å². The molecule has 1 N–H and O–H groups in total. The molecule has 1 saturated heterocycles. The lowest BCUT2D eigenvalue weighted by atomic mass is 9.67. The summed E-state index contributed by atoms with van der Waals surface area (Å²) in [5, 5.41) is 9.27.